The fourth-order valence-electron chi connectivity index (χ4n) is 1.30. The highest BCUT2D eigenvalue weighted by atomic mass is 79.9. The third kappa shape index (κ3) is 4.45. The van der Waals surface area contributed by atoms with Crippen LogP contribution in [0.4, 0.5) is 0 Å². The van der Waals surface area contributed by atoms with Crippen molar-refractivity contribution in [2.24, 2.45) is 5.14 Å². The molecule has 0 aliphatic carbocycles. The lowest BCUT2D eigenvalue weighted by Crippen LogP contribution is -2.40. The molecule has 0 heterocycles. The average Bonchev–Trinajstić information content (AvgIpc) is 2.17. The molecular weight excluding hydrogens is 356 g/mol. The minimum Gasteiger partial charge on any atom is -0.347 e. The second kappa shape index (κ2) is 5.40. The number of carbonyl (C=O) groups excluding carboxylic acids is 1. The van der Waals surface area contributed by atoms with Gasteiger partial charge in [0.05, 0.1) is 15.5 Å². The van der Waals surface area contributed by atoms with Gasteiger partial charge in [0.25, 0.3) is 5.91 Å². The third-order valence-corrected chi connectivity index (χ3v) is 4.22. The molecule has 0 atom stereocenters. The summed E-state index contributed by atoms with van der Waals surface area (Å²) in [5, 5.41) is 7.88. The molecule has 1 rings (SSSR count). The van der Waals surface area contributed by atoms with E-state index in [0.29, 0.717) is 4.47 Å². The molecule has 0 radical (unpaired) electrons. The van der Waals surface area contributed by atoms with Crippen LogP contribution < -0.4 is 10.5 Å². The van der Waals surface area contributed by atoms with Gasteiger partial charge in [-0.1, -0.05) is 11.6 Å². The maximum absolute atomic E-state index is 12.1. The molecule has 3 N–H and O–H groups in total. The average molecular weight is 370 g/mol. The van der Waals surface area contributed by atoms with Gasteiger partial charge in [-0.3, -0.25) is 4.79 Å². The Labute approximate surface area is 125 Å². The second-order valence-corrected chi connectivity index (χ2v) is 7.81. The summed E-state index contributed by atoms with van der Waals surface area (Å²) in [6, 6.07) is 2.41. The quantitative estimate of drug-likeness (QED) is 0.838. The van der Waals surface area contributed by atoms with E-state index in [2.05, 4.69) is 21.2 Å². The molecule has 0 spiro atoms. The maximum atomic E-state index is 12.1. The molecule has 1 aromatic rings. The number of sulfonamides is 1. The number of halogens is 2. The van der Waals surface area contributed by atoms with Crippen molar-refractivity contribution in [3.8, 4) is 0 Å². The summed E-state index contributed by atoms with van der Waals surface area (Å²) in [6.45, 7) is 5.41. The van der Waals surface area contributed by atoms with Crippen LogP contribution in [0.1, 0.15) is 31.1 Å². The van der Waals surface area contributed by atoms with E-state index in [1.54, 1.807) is 20.8 Å². The normalized spacial score (nSPS) is 12.3. The van der Waals surface area contributed by atoms with E-state index in [-0.39, 0.29) is 15.5 Å². The van der Waals surface area contributed by atoms with Gasteiger partial charge in [0.1, 0.15) is 0 Å². The SMILES string of the molecule is CC(C)(C)NC(=O)c1cc(S(N)(=O)=O)cc(Br)c1Cl. The van der Waals surface area contributed by atoms with E-state index in [9.17, 15) is 13.2 Å². The minimum absolute atomic E-state index is 0.0509. The van der Waals surface area contributed by atoms with Crippen molar-refractivity contribution < 1.29 is 13.2 Å². The Balaban J connectivity index is 3.36. The zero-order valence-electron chi connectivity index (χ0n) is 10.6. The molecule has 1 aromatic carbocycles. The van der Waals surface area contributed by atoms with Crippen LogP contribution in [0.3, 0.4) is 0 Å². The highest BCUT2D eigenvalue weighted by Gasteiger charge is 2.21. The van der Waals surface area contributed by atoms with Gasteiger partial charge < -0.3 is 5.32 Å². The van der Waals surface area contributed by atoms with Crippen molar-refractivity contribution >= 4 is 43.5 Å². The van der Waals surface area contributed by atoms with Crippen LogP contribution >= 0.6 is 27.5 Å². The molecule has 0 saturated carbocycles. The standard InChI is InChI=1S/C11H14BrClN2O3S/c1-11(2,3)15-10(16)7-4-6(19(14,17)18)5-8(12)9(7)13/h4-5H,1-3H3,(H,15,16)(H2,14,17,18). The highest BCUT2D eigenvalue weighted by Crippen LogP contribution is 2.29. The van der Waals surface area contributed by atoms with Crippen LogP contribution in [0.2, 0.25) is 5.02 Å². The Morgan fingerprint density at radius 1 is 1.37 bits per heavy atom. The number of rotatable bonds is 2. The summed E-state index contributed by atoms with van der Waals surface area (Å²) in [5.41, 5.74) is -0.417. The van der Waals surface area contributed by atoms with Gasteiger partial charge in [-0.2, -0.15) is 0 Å². The minimum atomic E-state index is -3.91. The van der Waals surface area contributed by atoms with Crippen molar-refractivity contribution in [1.29, 1.82) is 0 Å². The molecule has 8 heteroatoms. The zero-order chi connectivity index (χ0) is 15.0. The van der Waals surface area contributed by atoms with E-state index in [4.69, 9.17) is 16.7 Å². The summed E-state index contributed by atoms with van der Waals surface area (Å²) in [5.74, 6) is -0.469. The van der Waals surface area contributed by atoms with Crippen molar-refractivity contribution in [2.75, 3.05) is 0 Å². The number of nitrogens with two attached hydrogens (primary N) is 1. The first-order chi connectivity index (χ1) is 8.42. The largest absolute Gasteiger partial charge is 0.347 e. The Morgan fingerprint density at radius 3 is 2.32 bits per heavy atom. The van der Waals surface area contributed by atoms with E-state index >= 15 is 0 Å². The Kier molecular flexibility index (Phi) is 4.66. The molecule has 19 heavy (non-hydrogen) atoms. The topological polar surface area (TPSA) is 89.3 Å². The fourth-order valence-corrected chi connectivity index (χ4v) is 2.67. The molecule has 1 amide bonds. The van der Waals surface area contributed by atoms with Crippen LogP contribution in [0.25, 0.3) is 0 Å². The predicted molar refractivity (Wildman–Crippen MR) is 77.7 cm³/mol. The highest BCUT2D eigenvalue weighted by molar-refractivity contribution is 9.10. The lowest BCUT2D eigenvalue weighted by Gasteiger charge is -2.21. The molecule has 0 aliphatic heterocycles. The monoisotopic (exact) mass is 368 g/mol. The lowest BCUT2D eigenvalue weighted by molar-refractivity contribution is 0.0919. The van der Waals surface area contributed by atoms with Crippen molar-refractivity contribution in [2.45, 2.75) is 31.2 Å². The number of benzene rings is 1. The smallest absolute Gasteiger partial charge is 0.253 e. The number of hydrogen-bond acceptors (Lipinski definition) is 3. The molecule has 0 unspecified atom stereocenters. The van der Waals surface area contributed by atoms with Crippen LogP contribution in [0.15, 0.2) is 21.5 Å². The van der Waals surface area contributed by atoms with Crippen LogP contribution in [-0.2, 0) is 10.0 Å². The predicted octanol–water partition coefficient (Wildman–Crippen LogP) is 2.28. The van der Waals surface area contributed by atoms with Gasteiger partial charge in [-0.05, 0) is 48.8 Å². The van der Waals surface area contributed by atoms with Crippen LogP contribution in [-0.4, -0.2) is 19.9 Å². The molecule has 0 saturated heterocycles. The first-order valence-electron chi connectivity index (χ1n) is 5.26. The van der Waals surface area contributed by atoms with Gasteiger partial charge in [-0.25, -0.2) is 13.6 Å². The number of nitrogens with one attached hydrogen (secondary N) is 1. The summed E-state index contributed by atoms with van der Waals surface area (Å²) < 4.78 is 23.0. The lowest BCUT2D eigenvalue weighted by atomic mass is 10.1. The van der Waals surface area contributed by atoms with Crippen molar-refractivity contribution in [3.63, 3.8) is 0 Å². The number of carbonyl (C=O) groups is 1. The van der Waals surface area contributed by atoms with E-state index in [0.717, 1.165) is 6.07 Å². The number of hydrogen-bond donors (Lipinski definition) is 2. The van der Waals surface area contributed by atoms with Crippen LogP contribution in [0, 0.1) is 0 Å². The van der Waals surface area contributed by atoms with Gasteiger partial charge in [0.2, 0.25) is 10.0 Å². The van der Waals surface area contributed by atoms with Gasteiger partial charge in [-0.15, -0.1) is 0 Å². The molecule has 5 nitrogen and oxygen atoms in total. The Morgan fingerprint density at radius 2 is 1.89 bits per heavy atom. The molecule has 0 aliphatic rings. The van der Waals surface area contributed by atoms with Crippen molar-refractivity contribution in [1.82, 2.24) is 5.32 Å². The maximum Gasteiger partial charge on any atom is 0.253 e. The number of amides is 1. The molecule has 0 fully saturated rings. The Bertz CT molecular complexity index is 624. The molecule has 0 aromatic heterocycles. The summed E-state index contributed by atoms with van der Waals surface area (Å²) in [7, 11) is -3.91. The van der Waals surface area contributed by atoms with E-state index in [1.807, 2.05) is 0 Å². The summed E-state index contributed by atoms with van der Waals surface area (Å²) in [4.78, 5) is 11.9. The second-order valence-electron chi connectivity index (χ2n) is 5.02. The Hall–Kier alpha value is -0.630. The van der Waals surface area contributed by atoms with E-state index in [1.165, 1.54) is 6.07 Å². The zero-order valence-corrected chi connectivity index (χ0v) is 13.8. The van der Waals surface area contributed by atoms with Gasteiger partial charge >= 0.3 is 0 Å². The van der Waals surface area contributed by atoms with Gasteiger partial charge in [0, 0.05) is 10.0 Å². The van der Waals surface area contributed by atoms with E-state index < -0.39 is 21.5 Å². The third-order valence-electron chi connectivity index (χ3n) is 2.06. The van der Waals surface area contributed by atoms with Crippen molar-refractivity contribution in [3.05, 3.63) is 27.2 Å². The van der Waals surface area contributed by atoms with Crippen LogP contribution in [0.5, 0.6) is 0 Å². The first kappa shape index (κ1) is 16.4. The fraction of sp³-hybridized carbons (Fsp3) is 0.364. The summed E-state index contributed by atoms with van der Waals surface area (Å²) >= 11 is 9.10. The first-order valence-corrected chi connectivity index (χ1v) is 7.98. The molecule has 0 bridgehead atoms. The van der Waals surface area contributed by atoms with Gasteiger partial charge in [0.15, 0.2) is 0 Å². The number of primary sulfonamides is 1. The molecule has 106 valence electrons. The summed E-state index contributed by atoms with van der Waals surface area (Å²) in [6.07, 6.45) is 0. The molecular formula is C11H14BrClN2O3S.